The van der Waals surface area contributed by atoms with Crippen LogP contribution in [0, 0.1) is 0 Å². The predicted molar refractivity (Wildman–Crippen MR) is 99.8 cm³/mol. The fourth-order valence-corrected chi connectivity index (χ4v) is 2.61. The lowest BCUT2D eigenvalue weighted by Crippen LogP contribution is -2.12. The molecule has 2 aromatic heterocycles. The molecule has 0 aliphatic heterocycles. The number of hydrogen-bond donors (Lipinski definition) is 1. The number of rotatable bonds is 4. The third-order valence-corrected chi connectivity index (χ3v) is 3.95. The highest BCUT2D eigenvalue weighted by molar-refractivity contribution is 6.05. The molecule has 1 N–H and O–H groups in total. The average Bonchev–Trinajstić information content (AvgIpc) is 3.13. The summed E-state index contributed by atoms with van der Waals surface area (Å²) in [6, 6.07) is 17.0. The molecule has 0 saturated carbocycles. The number of nitrogens with zero attached hydrogens (tertiary/aromatic N) is 1. The molecule has 0 radical (unpaired) electrons. The molecular weight excluding hydrogens is 344 g/mol. The van der Waals surface area contributed by atoms with Gasteiger partial charge >= 0.3 is 5.97 Å². The Morgan fingerprint density at radius 1 is 0.963 bits per heavy atom. The van der Waals surface area contributed by atoms with Crippen LogP contribution in [0.5, 0.6) is 5.75 Å². The number of esters is 1. The van der Waals surface area contributed by atoms with Crippen LogP contribution in [0.4, 0.5) is 5.69 Å². The summed E-state index contributed by atoms with van der Waals surface area (Å²) >= 11 is 0. The molecule has 4 rings (SSSR count). The molecule has 1 amide bonds. The van der Waals surface area contributed by atoms with Crippen LogP contribution in [-0.4, -0.2) is 16.9 Å². The van der Waals surface area contributed by atoms with E-state index >= 15 is 0 Å². The molecule has 27 heavy (non-hydrogen) atoms. The first-order chi connectivity index (χ1) is 13.2. The molecular formula is C21H14N2O4. The maximum Gasteiger partial charge on any atom is 0.347 e. The summed E-state index contributed by atoms with van der Waals surface area (Å²) < 4.78 is 10.7. The highest BCUT2D eigenvalue weighted by atomic mass is 16.5. The summed E-state index contributed by atoms with van der Waals surface area (Å²) in [7, 11) is 0. The molecule has 4 aromatic rings. The van der Waals surface area contributed by atoms with E-state index in [9.17, 15) is 9.59 Å². The topological polar surface area (TPSA) is 81.4 Å². The van der Waals surface area contributed by atoms with Gasteiger partial charge in [-0.05, 0) is 42.5 Å². The number of benzene rings is 2. The van der Waals surface area contributed by atoms with E-state index in [2.05, 4.69) is 10.3 Å². The van der Waals surface area contributed by atoms with Gasteiger partial charge in [-0.15, -0.1) is 0 Å². The van der Waals surface area contributed by atoms with Crippen LogP contribution >= 0.6 is 0 Å². The fourth-order valence-electron chi connectivity index (χ4n) is 2.61. The number of furan rings is 1. The second kappa shape index (κ2) is 7.13. The molecule has 0 aliphatic rings. The number of carbonyl (C=O) groups is 2. The van der Waals surface area contributed by atoms with Crippen molar-refractivity contribution in [2.45, 2.75) is 0 Å². The minimum atomic E-state index is -0.521. The van der Waals surface area contributed by atoms with E-state index in [0.29, 0.717) is 33.5 Å². The number of aromatic nitrogens is 1. The molecule has 0 aliphatic carbocycles. The summed E-state index contributed by atoms with van der Waals surface area (Å²) in [5.41, 5.74) is 2.01. The van der Waals surface area contributed by atoms with Gasteiger partial charge in [-0.1, -0.05) is 18.2 Å². The predicted octanol–water partition coefficient (Wildman–Crippen LogP) is 4.30. The lowest BCUT2D eigenvalue weighted by molar-refractivity contribution is 0.0735. The van der Waals surface area contributed by atoms with Gasteiger partial charge in [-0.25, -0.2) is 4.79 Å². The van der Waals surface area contributed by atoms with Crippen LogP contribution in [0.1, 0.15) is 20.7 Å². The number of hydrogen-bond acceptors (Lipinski definition) is 5. The van der Waals surface area contributed by atoms with E-state index in [1.54, 1.807) is 60.9 Å². The Balaban J connectivity index is 1.46. The zero-order valence-corrected chi connectivity index (χ0v) is 14.1. The van der Waals surface area contributed by atoms with Gasteiger partial charge in [0.2, 0.25) is 0 Å². The Bertz CT molecular complexity index is 1100. The quantitative estimate of drug-likeness (QED) is 0.434. The lowest BCUT2D eigenvalue weighted by Gasteiger charge is -2.06. The van der Waals surface area contributed by atoms with Gasteiger partial charge in [-0.2, -0.15) is 0 Å². The van der Waals surface area contributed by atoms with Crippen molar-refractivity contribution >= 4 is 28.5 Å². The molecule has 6 nitrogen and oxygen atoms in total. The third-order valence-electron chi connectivity index (χ3n) is 3.95. The number of anilines is 1. The molecule has 2 aromatic carbocycles. The zero-order valence-electron chi connectivity index (χ0n) is 14.1. The molecule has 0 bridgehead atoms. The highest BCUT2D eigenvalue weighted by Gasteiger charge is 2.16. The first-order valence-corrected chi connectivity index (χ1v) is 8.20. The normalized spacial score (nSPS) is 10.5. The van der Waals surface area contributed by atoms with E-state index in [1.165, 1.54) is 6.26 Å². The fraction of sp³-hybridized carbons (Fsp3) is 0. The molecule has 2 heterocycles. The first kappa shape index (κ1) is 16.5. The molecule has 0 unspecified atom stereocenters. The van der Waals surface area contributed by atoms with Crippen molar-refractivity contribution in [1.29, 1.82) is 0 Å². The summed E-state index contributed by atoms with van der Waals surface area (Å²) in [5, 5.41) is 3.43. The van der Waals surface area contributed by atoms with Crippen LogP contribution in [0.15, 0.2) is 83.7 Å². The SMILES string of the molecule is O=C(Nc1cccnc1)c1ccc(OC(=O)c2coc3ccccc23)cc1. The summed E-state index contributed by atoms with van der Waals surface area (Å²) in [6.45, 7) is 0. The van der Waals surface area contributed by atoms with Crippen molar-refractivity contribution in [3.05, 3.63) is 90.4 Å². The Morgan fingerprint density at radius 2 is 1.78 bits per heavy atom. The van der Waals surface area contributed by atoms with E-state index in [0.717, 1.165) is 0 Å². The standard InChI is InChI=1S/C21H14N2O4/c24-20(23-15-4-3-11-22-12-15)14-7-9-16(10-8-14)27-21(25)18-13-26-19-6-2-1-5-17(18)19/h1-13H,(H,23,24). The van der Waals surface area contributed by atoms with Crippen LogP contribution < -0.4 is 10.1 Å². The number of ether oxygens (including phenoxy) is 1. The smallest absolute Gasteiger partial charge is 0.347 e. The Morgan fingerprint density at radius 3 is 2.56 bits per heavy atom. The van der Waals surface area contributed by atoms with Gasteiger partial charge in [0.1, 0.15) is 23.2 Å². The average molecular weight is 358 g/mol. The van der Waals surface area contributed by atoms with Gasteiger partial charge in [0.15, 0.2) is 0 Å². The molecule has 0 atom stereocenters. The minimum Gasteiger partial charge on any atom is -0.463 e. The minimum absolute atomic E-state index is 0.276. The van der Waals surface area contributed by atoms with Gasteiger partial charge in [0.25, 0.3) is 5.91 Å². The van der Waals surface area contributed by atoms with Crippen molar-refractivity contribution in [3.8, 4) is 5.75 Å². The third kappa shape index (κ3) is 3.55. The number of fused-ring (bicyclic) bond motifs is 1. The Labute approximate surface area is 154 Å². The highest BCUT2D eigenvalue weighted by Crippen LogP contribution is 2.23. The van der Waals surface area contributed by atoms with Gasteiger partial charge in [-0.3, -0.25) is 9.78 Å². The largest absolute Gasteiger partial charge is 0.463 e. The van der Waals surface area contributed by atoms with Crippen molar-refractivity contribution in [2.24, 2.45) is 0 Å². The number of nitrogens with one attached hydrogen (secondary N) is 1. The molecule has 0 saturated heterocycles. The van der Waals surface area contributed by atoms with Crippen LogP contribution in [0.25, 0.3) is 11.0 Å². The van der Waals surface area contributed by atoms with E-state index in [-0.39, 0.29) is 5.91 Å². The summed E-state index contributed by atoms with van der Waals surface area (Å²) in [4.78, 5) is 28.5. The van der Waals surface area contributed by atoms with Gasteiger partial charge < -0.3 is 14.5 Å². The molecule has 132 valence electrons. The van der Waals surface area contributed by atoms with Crippen LogP contribution in [-0.2, 0) is 0 Å². The van der Waals surface area contributed by atoms with E-state index in [1.807, 2.05) is 12.1 Å². The summed E-state index contributed by atoms with van der Waals surface area (Å²) in [6.07, 6.45) is 4.56. The van der Waals surface area contributed by atoms with Crippen molar-refractivity contribution < 1.29 is 18.7 Å². The number of amides is 1. The molecule has 6 heteroatoms. The molecule has 0 spiro atoms. The molecule has 0 fully saturated rings. The van der Waals surface area contributed by atoms with Crippen LogP contribution in [0.3, 0.4) is 0 Å². The Kier molecular flexibility index (Phi) is 4.37. The first-order valence-electron chi connectivity index (χ1n) is 8.20. The summed E-state index contributed by atoms with van der Waals surface area (Å²) in [5.74, 6) is -0.461. The number of pyridine rings is 1. The zero-order chi connectivity index (χ0) is 18.6. The maximum absolute atomic E-state index is 12.4. The second-order valence-corrected chi connectivity index (χ2v) is 5.76. The van der Waals surface area contributed by atoms with Gasteiger partial charge in [0, 0.05) is 17.1 Å². The lowest BCUT2D eigenvalue weighted by atomic mass is 10.2. The van der Waals surface area contributed by atoms with Crippen molar-refractivity contribution in [2.75, 3.05) is 5.32 Å². The van der Waals surface area contributed by atoms with Crippen molar-refractivity contribution in [3.63, 3.8) is 0 Å². The monoisotopic (exact) mass is 358 g/mol. The van der Waals surface area contributed by atoms with Crippen LogP contribution in [0.2, 0.25) is 0 Å². The maximum atomic E-state index is 12.4. The number of carbonyl (C=O) groups excluding carboxylic acids is 2. The van der Waals surface area contributed by atoms with E-state index < -0.39 is 5.97 Å². The number of para-hydroxylation sites is 1. The second-order valence-electron chi connectivity index (χ2n) is 5.76. The Hall–Kier alpha value is -3.93. The van der Waals surface area contributed by atoms with Gasteiger partial charge in [0.05, 0.1) is 11.9 Å². The van der Waals surface area contributed by atoms with Crippen molar-refractivity contribution in [1.82, 2.24) is 4.98 Å². The van der Waals surface area contributed by atoms with E-state index in [4.69, 9.17) is 9.15 Å².